The lowest BCUT2D eigenvalue weighted by Crippen LogP contribution is -2.06. The molecule has 0 fully saturated rings. The van der Waals surface area contributed by atoms with Crippen LogP contribution >= 0.6 is 0 Å². The van der Waals surface area contributed by atoms with Gasteiger partial charge in [-0.15, -0.1) is 0 Å². The fourth-order valence-electron chi connectivity index (χ4n) is 3.65. The highest BCUT2D eigenvalue weighted by molar-refractivity contribution is 6.44. The smallest absolute Gasteiger partial charge is 0.0623 e. The zero-order chi connectivity index (χ0) is 15.0. The summed E-state index contributed by atoms with van der Waals surface area (Å²) in [5.74, 6) is 0.398. The minimum absolute atomic E-state index is 0.398. The number of aryl methyl sites for hydroxylation is 1. The summed E-state index contributed by atoms with van der Waals surface area (Å²) in [6.07, 6.45) is 2.21. The van der Waals surface area contributed by atoms with Gasteiger partial charge in [-0.1, -0.05) is 67.1 Å². The van der Waals surface area contributed by atoms with Gasteiger partial charge in [0, 0.05) is 5.92 Å². The van der Waals surface area contributed by atoms with Crippen LogP contribution in [0.4, 0.5) is 0 Å². The van der Waals surface area contributed by atoms with Crippen molar-refractivity contribution in [2.75, 3.05) is 0 Å². The molecule has 0 aromatic heterocycles. The van der Waals surface area contributed by atoms with Gasteiger partial charge in [-0.2, -0.15) is 0 Å². The van der Waals surface area contributed by atoms with Crippen molar-refractivity contribution in [2.45, 2.75) is 39.5 Å². The molecule has 3 rings (SSSR count). The van der Waals surface area contributed by atoms with Gasteiger partial charge in [0.25, 0.3) is 0 Å². The van der Waals surface area contributed by atoms with Crippen molar-refractivity contribution < 1.29 is 0 Å². The molecule has 0 saturated carbocycles. The summed E-state index contributed by atoms with van der Waals surface area (Å²) in [6, 6.07) is 15.6. The summed E-state index contributed by atoms with van der Waals surface area (Å²) in [5.41, 5.74) is 8.71. The third kappa shape index (κ3) is 2.20. The molecule has 2 aromatic carbocycles. The van der Waals surface area contributed by atoms with Crippen LogP contribution in [-0.4, -0.2) is 10.2 Å². The number of hydrogen-bond donors (Lipinski definition) is 0. The molecule has 0 spiro atoms. The van der Waals surface area contributed by atoms with Gasteiger partial charge in [0.1, 0.15) is 0 Å². The van der Waals surface area contributed by atoms with E-state index in [0.717, 1.165) is 12.8 Å². The first-order chi connectivity index (χ1) is 10.2. The minimum Gasteiger partial charge on any atom is -0.0623 e. The molecule has 0 amide bonds. The van der Waals surface area contributed by atoms with E-state index in [-0.39, 0.29) is 0 Å². The molecule has 1 heteroatoms. The SMILES string of the molecule is CCc1cccc(C2C(C)=C([Si])c3ccccc32)c1CC. The van der Waals surface area contributed by atoms with Gasteiger partial charge >= 0.3 is 0 Å². The Balaban J connectivity index is 2.22. The normalized spacial score (nSPS) is 17.2. The summed E-state index contributed by atoms with van der Waals surface area (Å²) in [5, 5.41) is 1.26. The Labute approximate surface area is 131 Å². The van der Waals surface area contributed by atoms with Crippen LogP contribution in [0, 0.1) is 0 Å². The van der Waals surface area contributed by atoms with Crippen LogP contribution < -0.4 is 0 Å². The maximum Gasteiger partial charge on any atom is 0.0720 e. The van der Waals surface area contributed by atoms with E-state index in [1.165, 1.54) is 38.6 Å². The molecule has 1 atom stereocenters. The zero-order valence-corrected chi connectivity index (χ0v) is 14.0. The molecule has 0 nitrogen and oxygen atoms in total. The largest absolute Gasteiger partial charge is 0.0720 e. The van der Waals surface area contributed by atoms with E-state index in [9.17, 15) is 0 Å². The van der Waals surface area contributed by atoms with Crippen LogP contribution in [0.2, 0.25) is 0 Å². The van der Waals surface area contributed by atoms with Crippen molar-refractivity contribution in [3.05, 3.63) is 75.9 Å². The van der Waals surface area contributed by atoms with Gasteiger partial charge in [-0.3, -0.25) is 0 Å². The van der Waals surface area contributed by atoms with Crippen LogP contribution in [0.1, 0.15) is 54.5 Å². The molecule has 0 N–H and O–H groups in total. The standard InChI is InChI=1S/C20H21Si/c1-4-14-9-8-12-16(15(14)5-2)19-13(3)20(21)18-11-7-6-10-17(18)19/h6-12,19H,4-5H2,1-3H3. The van der Waals surface area contributed by atoms with Gasteiger partial charge in [0.15, 0.2) is 0 Å². The Morgan fingerprint density at radius 2 is 1.62 bits per heavy atom. The van der Waals surface area contributed by atoms with Crippen molar-refractivity contribution in [3.8, 4) is 0 Å². The van der Waals surface area contributed by atoms with E-state index >= 15 is 0 Å². The molecule has 0 bridgehead atoms. The quantitative estimate of drug-likeness (QED) is 0.708. The maximum absolute atomic E-state index is 3.86. The molecule has 1 unspecified atom stereocenters. The van der Waals surface area contributed by atoms with Crippen LogP contribution in [0.25, 0.3) is 5.20 Å². The van der Waals surface area contributed by atoms with Crippen LogP contribution in [0.3, 0.4) is 0 Å². The Morgan fingerprint density at radius 1 is 0.905 bits per heavy atom. The minimum atomic E-state index is 0.398. The summed E-state index contributed by atoms with van der Waals surface area (Å²) in [4.78, 5) is 0. The van der Waals surface area contributed by atoms with Gasteiger partial charge in [-0.25, -0.2) is 0 Å². The number of fused-ring (bicyclic) bond motifs is 1. The number of hydrogen-bond acceptors (Lipinski definition) is 0. The predicted octanol–water partition coefficient (Wildman–Crippen LogP) is 4.86. The lowest BCUT2D eigenvalue weighted by Gasteiger charge is -2.21. The molecule has 0 saturated heterocycles. The van der Waals surface area contributed by atoms with Gasteiger partial charge in [-0.05, 0) is 47.6 Å². The summed E-state index contributed by atoms with van der Waals surface area (Å²) in [7, 11) is 3.86. The number of allylic oxidation sites excluding steroid dienone is 1. The van der Waals surface area contributed by atoms with E-state index in [0.29, 0.717) is 5.92 Å². The highest BCUT2D eigenvalue weighted by Gasteiger charge is 2.29. The number of rotatable bonds is 3. The van der Waals surface area contributed by atoms with Crippen LogP contribution in [-0.2, 0) is 12.8 Å². The Bertz CT molecular complexity index is 710. The number of benzene rings is 2. The average Bonchev–Trinajstić information content (AvgIpc) is 2.78. The molecule has 0 aliphatic heterocycles. The van der Waals surface area contributed by atoms with Crippen LogP contribution in [0.15, 0.2) is 48.0 Å². The summed E-state index contributed by atoms with van der Waals surface area (Å²) >= 11 is 0. The highest BCUT2D eigenvalue weighted by atomic mass is 28.1. The summed E-state index contributed by atoms with van der Waals surface area (Å²) < 4.78 is 0. The molecule has 105 valence electrons. The van der Waals surface area contributed by atoms with E-state index in [1.807, 2.05) is 0 Å². The second-order valence-electron chi connectivity index (χ2n) is 5.77. The van der Waals surface area contributed by atoms with Crippen molar-refractivity contribution >= 4 is 15.4 Å². The van der Waals surface area contributed by atoms with E-state index < -0.39 is 0 Å². The first-order valence-corrected chi connectivity index (χ1v) is 8.31. The molecule has 0 heterocycles. The highest BCUT2D eigenvalue weighted by Crippen LogP contribution is 2.45. The lowest BCUT2D eigenvalue weighted by molar-refractivity contribution is 0.916. The molecule has 21 heavy (non-hydrogen) atoms. The molecular formula is C20H21Si. The second-order valence-corrected chi connectivity index (χ2v) is 6.27. The monoisotopic (exact) mass is 289 g/mol. The molecule has 1 aliphatic carbocycles. The topological polar surface area (TPSA) is 0 Å². The van der Waals surface area contributed by atoms with Crippen molar-refractivity contribution in [1.82, 2.24) is 0 Å². The first kappa shape index (κ1) is 14.3. The van der Waals surface area contributed by atoms with Crippen molar-refractivity contribution in [2.24, 2.45) is 0 Å². The third-order valence-electron chi connectivity index (χ3n) is 4.72. The van der Waals surface area contributed by atoms with Gasteiger partial charge < -0.3 is 0 Å². The molecule has 2 aromatic rings. The summed E-state index contributed by atoms with van der Waals surface area (Å²) in [6.45, 7) is 6.77. The first-order valence-electron chi connectivity index (χ1n) is 7.81. The van der Waals surface area contributed by atoms with E-state index in [4.69, 9.17) is 0 Å². The Hall–Kier alpha value is -1.60. The Morgan fingerprint density at radius 3 is 2.33 bits per heavy atom. The van der Waals surface area contributed by atoms with Crippen molar-refractivity contribution in [3.63, 3.8) is 0 Å². The predicted molar refractivity (Wildman–Crippen MR) is 91.8 cm³/mol. The third-order valence-corrected chi connectivity index (χ3v) is 5.39. The van der Waals surface area contributed by atoms with Crippen molar-refractivity contribution in [1.29, 1.82) is 0 Å². The average molecular weight is 289 g/mol. The van der Waals surface area contributed by atoms with Gasteiger partial charge in [0.2, 0.25) is 0 Å². The lowest BCUT2D eigenvalue weighted by atomic mass is 9.83. The zero-order valence-electron chi connectivity index (χ0n) is 13.0. The fraction of sp³-hybridized carbons (Fsp3) is 0.300. The molecule has 3 radical (unpaired) electrons. The van der Waals surface area contributed by atoms with Crippen LogP contribution in [0.5, 0.6) is 0 Å². The molecular weight excluding hydrogens is 268 g/mol. The maximum atomic E-state index is 3.86. The fourth-order valence-corrected chi connectivity index (χ4v) is 4.03. The second kappa shape index (κ2) is 5.65. The molecule has 1 aliphatic rings. The Kier molecular flexibility index (Phi) is 3.86. The van der Waals surface area contributed by atoms with E-state index in [2.05, 4.69) is 73.5 Å². The van der Waals surface area contributed by atoms with Gasteiger partial charge in [0.05, 0.1) is 10.2 Å². The van der Waals surface area contributed by atoms with E-state index in [1.54, 1.807) is 0 Å².